The van der Waals surface area contributed by atoms with E-state index in [0.29, 0.717) is 0 Å². The summed E-state index contributed by atoms with van der Waals surface area (Å²) >= 11 is 0. The van der Waals surface area contributed by atoms with E-state index in [-0.39, 0.29) is 6.10 Å². The number of nitrogens with zero attached hydrogens (tertiary/aromatic N) is 1. The van der Waals surface area contributed by atoms with Crippen molar-refractivity contribution in [3.63, 3.8) is 0 Å². The van der Waals surface area contributed by atoms with Gasteiger partial charge < -0.3 is 5.11 Å². The van der Waals surface area contributed by atoms with Crippen LogP contribution in [0.25, 0.3) is 0 Å². The van der Waals surface area contributed by atoms with Crippen molar-refractivity contribution in [1.29, 1.82) is 0 Å². The van der Waals surface area contributed by atoms with Crippen LogP contribution in [-0.4, -0.2) is 35.7 Å². The number of hydrogen-bond acceptors (Lipinski definition) is 2. The average molecular weight is 155 g/mol. The molecule has 0 bridgehead atoms. The summed E-state index contributed by atoms with van der Waals surface area (Å²) in [5.41, 5.74) is 0. The van der Waals surface area contributed by atoms with Crippen molar-refractivity contribution in [1.82, 2.24) is 4.90 Å². The minimum atomic E-state index is -0.138. The van der Waals surface area contributed by atoms with E-state index in [1.807, 2.05) is 6.92 Å². The molecular formula is C9H17NO. The van der Waals surface area contributed by atoms with Gasteiger partial charge in [-0.05, 0) is 12.8 Å². The monoisotopic (exact) mass is 155 g/mol. The van der Waals surface area contributed by atoms with Crippen molar-refractivity contribution >= 4 is 0 Å². The van der Waals surface area contributed by atoms with Crippen LogP contribution in [0.1, 0.15) is 19.8 Å². The highest BCUT2D eigenvalue weighted by atomic mass is 16.3. The van der Waals surface area contributed by atoms with Crippen LogP contribution in [0, 0.1) is 0 Å². The van der Waals surface area contributed by atoms with Crippen molar-refractivity contribution in [2.75, 3.05) is 19.6 Å². The fourth-order valence-corrected chi connectivity index (χ4v) is 1.28. The van der Waals surface area contributed by atoms with Crippen LogP contribution < -0.4 is 0 Å². The van der Waals surface area contributed by atoms with E-state index in [9.17, 15) is 5.11 Å². The largest absolute Gasteiger partial charge is 0.392 e. The van der Waals surface area contributed by atoms with Gasteiger partial charge >= 0.3 is 0 Å². The van der Waals surface area contributed by atoms with Crippen LogP contribution in [0.2, 0.25) is 0 Å². The topological polar surface area (TPSA) is 23.5 Å². The molecule has 0 aliphatic carbocycles. The zero-order valence-corrected chi connectivity index (χ0v) is 7.16. The van der Waals surface area contributed by atoms with Gasteiger partial charge in [0.25, 0.3) is 0 Å². The Labute approximate surface area is 68.5 Å². The molecule has 0 fully saturated rings. The molecule has 11 heavy (non-hydrogen) atoms. The molecule has 64 valence electrons. The normalized spacial score (nSPS) is 22.0. The lowest BCUT2D eigenvalue weighted by Gasteiger charge is -2.24. The van der Waals surface area contributed by atoms with Crippen molar-refractivity contribution in [3.8, 4) is 0 Å². The summed E-state index contributed by atoms with van der Waals surface area (Å²) in [5, 5.41) is 9.34. The van der Waals surface area contributed by atoms with Crippen LogP contribution in [-0.2, 0) is 0 Å². The first kappa shape index (κ1) is 8.75. The quantitative estimate of drug-likeness (QED) is 0.615. The first-order valence-electron chi connectivity index (χ1n) is 4.38. The van der Waals surface area contributed by atoms with Crippen LogP contribution in [0.15, 0.2) is 12.2 Å². The molecule has 0 saturated carbocycles. The Morgan fingerprint density at radius 3 is 2.91 bits per heavy atom. The highest BCUT2D eigenvalue weighted by Gasteiger charge is 2.09. The number of aliphatic hydroxyl groups excluding tert-OH is 1. The van der Waals surface area contributed by atoms with E-state index in [2.05, 4.69) is 17.1 Å². The van der Waals surface area contributed by atoms with E-state index in [0.717, 1.165) is 32.5 Å². The smallest absolute Gasteiger partial charge is 0.0664 e. The lowest BCUT2D eigenvalue weighted by molar-refractivity contribution is 0.114. The van der Waals surface area contributed by atoms with Crippen molar-refractivity contribution in [3.05, 3.63) is 12.2 Å². The Bertz CT molecular complexity index is 134. The van der Waals surface area contributed by atoms with Gasteiger partial charge in [0.05, 0.1) is 6.10 Å². The van der Waals surface area contributed by atoms with Crippen LogP contribution >= 0.6 is 0 Å². The zero-order chi connectivity index (χ0) is 8.10. The molecular weight excluding hydrogens is 138 g/mol. The maximum Gasteiger partial charge on any atom is 0.0664 e. The van der Waals surface area contributed by atoms with Gasteiger partial charge in [-0.15, -0.1) is 0 Å². The average Bonchev–Trinajstić information content (AvgIpc) is 2.06. The Kier molecular flexibility index (Phi) is 3.60. The molecule has 0 saturated heterocycles. The van der Waals surface area contributed by atoms with Gasteiger partial charge in [0.1, 0.15) is 0 Å². The van der Waals surface area contributed by atoms with Gasteiger partial charge in [-0.2, -0.15) is 0 Å². The fraction of sp³-hybridized carbons (Fsp3) is 0.778. The number of β-amino-alcohol motifs (C(OH)–C–C–N with tert-alkyl or cyclic N) is 1. The van der Waals surface area contributed by atoms with E-state index in [4.69, 9.17) is 0 Å². The molecule has 1 atom stereocenters. The fourth-order valence-electron chi connectivity index (χ4n) is 1.28. The Balaban J connectivity index is 2.20. The predicted molar refractivity (Wildman–Crippen MR) is 46.5 cm³/mol. The molecule has 1 aliphatic heterocycles. The minimum Gasteiger partial charge on any atom is -0.392 e. The van der Waals surface area contributed by atoms with Crippen LogP contribution in [0.3, 0.4) is 0 Å². The lowest BCUT2D eigenvalue weighted by atomic mass is 10.2. The molecule has 0 aromatic carbocycles. The summed E-state index contributed by atoms with van der Waals surface area (Å²) in [6, 6.07) is 0. The van der Waals surface area contributed by atoms with E-state index < -0.39 is 0 Å². The number of rotatable bonds is 3. The Hall–Kier alpha value is -0.340. The molecule has 0 spiro atoms. The second-order valence-corrected chi connectivity index (χ2v) is 3.08. The number of hydrogen-bond donors (Lipinski definition) is 1. The van der Waals surface area contributed by atoms with Crippen LogP contribution in [0.4, 0.5) is 0 Å². The van der Waals surface area contributed by atoms with E-state index in [1.54, 1.807) is 0 Å². The zero-order valence-electron chi connectivity index (χ0n) is 7.16. The molecule has 1 rings (SSSR count). The summed E-state index contributed by atoms with van der Waals surface area (Å²) in [6.07, 6.45) is 6.23. The van der Waals surface area contributed by atoms with Crippen molar-refractivity contribution in [2.45, 2.75) is 25.9 Å². The Morgan fingerprint density at radius 2 is 2.36 bits per heavy atom. The van der Waals surface area contributed by atoms with Crippen LogP contribution in [0.5, 0.6) is 0 Å². The van der Waals surface area contributed by atoms with Crippen molar-refractivity contribution < 1.29 is 5.11 Å². The molecule has 0 aromatic rings. The lowest BCUT2D eigenvalue weighted by Crippen LogP contribution is -2.34. The standard InChI is InChI=1S/C9H17NO/c1-2-9(11)8-10-6-4-3-5-7-10/h3-4,9,11H,2,5-8H2,1H3/t9-/m1/s1. The highest BCUT2D eigenvalue weighted by Crippen LogP contribution is 2.03. The van der Waals surface area contributed by atoms with Gasteiger partial charge in [0.15, 0.2) is 0 Å². The summed E-state index contributed by atoms with van der Waals surface area (Å²) in [7, 11) is 0. The molecule has 0 radical (unpaired) electrons. The highest BCUT2D eigenvalue weighted by molar-refractivity contribution is 4.91. The summed E-state index contributed by atoms with van der Waals surface area (Å²) < 4.78 is 0. The van der Waals surface area contributed by atoms with Gasteiger partial charge in [0.2, 0.25) is 0 Å². The van der Waals surface area contributed by atoms with Crippen molar-refractivity contribution in [2.24, 2.45) is 0 Å². The molecule has 1 N–H and O–H groups in total. The molecule has 2 heteroatoms. The SMILES string of the molecule is CC[C@@H](O)CN1CC=CCC1. The summed E-state index contributed by atoms with van der Waals surface area (Å²) in [6.45, 7) is 4.97. The molecule has 2 nitrogen and oxygen atoms in total. The molecule has 1 heterocycles. The maximum atomic E-state index is 9.34. The van der Waals surface area contributed by atoms with Gasteiger partial charge in [0, 0.05) is 19.6 Å². The molecule has 0 aromatic heterocycles. The molecule has 0 amide bonds. The summed E-state index contributed by atoms with van der Waals surface area (Å²) in [5.74, 6) is 0. The third-order valence-electron chi connectivity index (χ3n) is 2.08. The summed E-state index contributed by atoms with van der Waals surface area (Å²) in [4.78, 5) is 2.29. The second-order valence-electron chi connectivity index (χ2n) is 3.08. The Morgan fingerprint density at radius 1 is 1.55 bits per heavy atom. The van der Waals surface area contributed by atoms with E-state index >= 15 is 0 Å². The van der Waals surface area contributed by atoms with Gasteiger partial charge in [-0.3, -0.25) is 4.90 Å². The first-order valence-corrected chi connectivity index (χ1v) is 4.38. The van der Waals surface area contributed by atoms with Gasteiger partial charge in [-0.1, -0.05) is 19.1 Å². The molecule has 0 unspecified atom stereocenters. The van der Waals surface area contributed by atoms with Gasteiger partial charge in [-0.25, -0.2) is 0 Å². The maximum absolute atomic E-state index is 9.34. The van der Waals surface area contributed by atoms with E-state index in [1.165, 1.54) is 0 Å². The molecule has 1 aliphatic rings. The third-order valence-corrected chi connectivity index (χ3v) is 2.08. The predicted octanol–water partition coefficient (Wildman–Crippen LogP) is 1.02. The minimum absolute atomic E-state index is 0.138. The third kappa shape index (κ3) is 3.04. The first-order chi connectivity index (χ1) is 5.33. The second kappa shape index (κ2) is 4.52. The number of aliphatic hydroxyl groups is 1.